The number of carbonyl (C=O) groups is 2. The Morgan fingerprint density at radius 1 is 1.39 bits per heavy atom. The molecule has 1 aliphatic heterocycles. The van der Waals surface area contributed by atoms with E-state index in [-0.39, 0.29) is 17.9 Å². The SMILES string of the molecule is C=C1CC(C(=O)OCC)N(C2CCCCC2)C1=O. The summed E-state index contributed by atoms with van der Waals surface area (Å²) in [5.74, 6) is -0.338. The van der Waals surface area contributed by atoms with Crippen LogP contribution in [0.3, 0.4) is 0 Å². The Morgan fingerprint density at radius 3 is 2.67 bits per heavy atom. The standard InChI is InChI=1S/C14H21NO3/c1-3-18-14(17)12-9-10(2)13(16)15(12)11-7-5-4-6-8-11/h11-12H,2-9H2,1H3. The van der Waals surface area contributed by atoms with Crippen molar-refractivity contribution in [3.63, 3.8) is 0 Å². The predicted molar refractivity (Wildman–Crippen MR) is 67.9 cm³/mol. The zero-order valence-corrected chi connectivity index (χ0v) is 11.0. The second kappa shape index (κ2) is 5.55. The van der Waals surface area contributed by atoms with Gasteiger partial charge >= 0.3 is 5.97 Å². The molecule has 1 heterocycles. The van der Waals surface area contributed by atoms with E-state index in [1.54, 1.807) is 11.8 Å². The van der Waals surface area contributed by atoms with Gasteiger partial charge < -0.3 is 9.64 Å². The van der Waals surface area contributed by atoms with Crippen molar-refractivity contribution in [1.82, 2.24) is 4.90 Å². The van der Waals surface area contributed by atoms with Crippen LogP contribution in [0.5, 0.6) is 0 Å². The minimum absolute atomic E-state index is 0.0556. The molecule has 0 radical (unpaired) electrons. The molecule has 4 heteroatoms. The molecule has 0 aromatic heterocycles. The molecule has 18 heavy (non-hydrogen) atoms. The first-order valence-corrected chi connectivity index (χ1v) is 6.82. The molecule has 0 aromatic rings. The quantitative estimate of drug-likeness (QED) is 0.569. The molecule has 2 rings (SSSR count). The zero-order chi connectivity index (χ0) is 13.1. The number of rotatable bonds is 3. The molecule has 100 valence electrons. The van der Waals surface area contributed by atoms with Crippen LogP contribution >= 0.6 is 0 Å². The summed E-state index contributed by atoms with van der Waals surface area (Å²) in [7, 11) is 0. The van der Waals surface area contributed by atoms with Crippen molar-refractivity contribution >= 4 is 11.9 Å². The number of esters is 1. The lowest BCUT2D eigenvalue weighted by molar-refractivity contribution is -0.153. The molecule has 1 amide bonds. The van der Waals surface area contributed by atoms with Gasteiger partial charge in [-0.1, -0.05) is 25.8 Å². The molecule has 2 aliphatic rings. The fourth-order valence-electron chi connectivity index (χ4n) is 2.96. The van der Waals surface area contributed by atoms with Crippen molar-refractivity contribution in [1.29, 1.82) is 0 Å². The van der Waals surface area contributed by atoms with Crippen molar-refractivity contribution in [2.24, 2.45) is 0 Å². The van der Waals surface area contributed by atoms with Gasteiger partial charge in [-0.25, -0.2) is 4.79 Å². The zero-order valence-electron chi connectivity index (χ0n) is 11.0. The molecular formula is C14H21NO3. The summed E-state index contributed by atoms with van der Waals surface area (Å²) in [6, 6.07) is -0.243. The van der Waals surface area contributed by atoms with Crippen LogP contribution in [0, 0.1) is 0 Å². The van der Waals surface area contributed by atoms with Crippen LogP contribution in [0.2, 0.25) is 0 Å². The Labute approximate surface area is 108 Å². The highest BCUT2D eigenvalue weighted by molar-refractivity contribution is 6.00. The van der Waals surface area contributed by atoms with Gasteiger partial charge in [-0.3, -0.25) is 4.79 Å². The van der Waals surface area contributed by atoms with Gasteiger partial charge in [0.25, 0.3) is 0 Å². The van der Waals surface area contributed by atoms with E-state index in [2.05, 4.69) is 6.58 Å². The molecule has 1 atom stereocenters. The number of hydrogen-bond donors (Lipinski definition) is 0. The number of ether oxygens (including phenoxy) is 1. The van der Waals surface area contributed by atoms with Crippen LogP contribution in [-0.2, 0) is 14.3 Å². The molecule has 1 aliphatic carbocycles. The maximum absolute atomic E-state index is 12.1. The van der Waals surface area contributed by atoms with Crippen molar-refractivity contribution in [3.05, 3.63) is 12.2 Å². The lowest BCUT2D eigenvalue weighted by Gasteiger charge is -2.34. The normalized spacial score (nSPS) is 25.6. The maximum atomic E-state index is 12.1. The minimum atomic E-state index is -0.437. The van der Waals surface area contributed by atoms with Crippen LogP contribution in [0.4, 0.5) is 0 Å². The van der Waals surface area contributed by atoms with Crippen LogP contribution < -0.4 is 0 Å². The molecule has 1 saturated heterocycles. The van der Waals surface area contributed by atoms with E-state index in [1.807, 2.05) is 0 Å². The van der Waals surface area contributed by atoms with E-state index in [4.69, 9.17) is 4.74 Å². The Balaban J connectivity index is 2.14. The topological polar surface area (TPSA) is 46.6 Å². The third kappa shape index (κ3) is 2.42. The van der Waals surface area contributed by atoms with Crippen LogP contribution in [0.1, 0.15) is 45.4 Å². The first-order chi connectivity index (χ1) is 8.65. The second-order valence-electron chi connectivity index (χ2n) is 5.08. The van der Waals surface area contributed by atoms with Gasteiger partial charge in [-0.15, -0.1) is 0 Å². The summed E-state index contributed by atoms with van der Waals surface area (Å²) in [6.07, 6.45) is 5.91. The molecule has 2 fully saturated rings. The summed E-state index contributed by atoms with van der Waals surface area (Å²) < 4.78 is 5.07. The average Bonchev–Trinajstić information content (AvgIpc) is 2.67. The van der Waals surface area contributed by atoms with E-state index >= 15 is 0 Å². The summed E-state index contributed by atoms with van der Waals surface area (Å²) in [5, 5.41) is 0. The summed E-state index contributed by atoms with van der Waals surface area (Å²) in [6.45, 7) is 5.92. The van der Waals surface area contributed by atoms with Gasteiger partial charge in [0.05, 0.1) is 6.61 Å². The van der Waals surface area contributed by atoms with Gasteiger partial charge in [0.2, 0.25) is 5.91 Å². The Bertz CT molecular complexity index is 358. The molecule has 1 saturated carbocycles. The monoisotopic (exact) mass is 251 g/mol. The largest absolute Gasteiger partial charge is 0.464 e. The molecule has 0 N–H and O–H groups in total. The fraction of sp³-hybridized carbons (Fsp3) is 0.714. The highest BCUT2D eigenvalue weighted by atomic mass is 16.5. The lowest BCUT2D eigenvalue weighted by atomic mass is 9.93. The van der Waals surface area contributed by atoms with Gasteiger partial charge in [-0.05, 0) is 19.8 Å². The third-order valence-corrected chi connectivity index (χ3v) is 3.84. The molecule has 4 nitrogen and oxygen atoms in total. The molecule has 0 aromatic carbocycles. The van der Waals surface area contributed by atoms with Gasteiger partial charge in [0.1, 0.15) is 6.04 Å². The summed E-state index contributed by atoms with van der Waals surface area (Å²) in [5.41, 5.74) is 0.540. The number of amides is 1. The van der Waals surface area contributed by atoms with Crippen molar-refractivity contribution < 1.29 is 14.3 Å². The smallest absolute Gasteiger partial charge is 0.329 e. The molecular weight excluding hydrogens is 230 g/mol. The Morgan fingerprint density at radius 2 is 2.06 bits per heavy atom. The summed E-state index contributed by atoms with van der Waals surface area (Å²) >= 11 is 0. The first-order valence-electron chi connectivity index (χ1n) is 6.82. The molecule has 0 bridgehead atoms. The molecule has 0 spiro atoms. The van der Waals surface area contributed by atoms with E-state index in [1.165, 1.54) is 6.42 Å². The number of hydrogen-bond acceptors (Lipinski definition) is 3. The third-order valence-electron chi connectivity index (χ3n) is 3.84. The lowest BCUT2D eigenvalue weighted by Crippen LogP contribution is -2.47. The van der Waals surface area contributed by atoms with Crippen LogP contribution in [0.25, 0.3) is 0 Å². The van der Waals surface area contributed by atoms with E-state index in [9.17, 15) is 9.59 Å². The second-order valence-corrected chi connectivity index (χ2v) is 5.08. The fourth-order valence-corrected chi connectivity index (χ4v) is 2.96. The van der Waals surface area contributed by atoms with Gasteiger partial charge in [0.15, 0.2) is 0 Å². The average molecular weight is 251 g/mol. The first kappa shape index (κ1) is 13.1. The number of carbonyl (C=O) groups excluding carboxylic acids is 2. The van der Waals surface area contributed by atoms with Crippen LogP contribution in [-0.4, -0.2) is 35.5 Å². The maximum Gasteiger partial charge on any atom is 0.329 e. The van der Waals surface area contributed by atoms with Gasteiger partial charge in [-0.2, -0.15) is 0 Å². The van der Waals surface area contributed by atoms with Gasteiger partial charge in [0, 0.05) is 18.0 Å². The predicted octanol–water partition coefficient (Wildman–Crippen LogP) is 2.04. The van der Waals surface area contributed by atoms with E-state index in [0.717, 1.165) is 25.7 Å². The highest BCUT2D eigenvalue weighted by Gasteiger charge is 2.43. The minimum Gasteiger partial charge on any atom is -0.464 e. The highest BCUT2D eigenvalue weighted by Crippen LogP contribution is 2.32. The Hall–Kier alpha value is -1.32. The van der Waals surface area contributed by atoms with Crippen molar-refractivity contribution in [2.45, 2.75) is 57.5 Å². The van der Waals surface area contributed by atoms with Crippen molar-refractivity contribution in [3.8, 4) is 0 Å². The van der Waals surface area contributed by atoms with E-state index < -0.39 is 6.04 Å². The molecule has 1 unspecified atom stereocenters. The Kier molecular flexibility index (Phi) is 4.04. The number of likely N-dealkylation sites (tertiary alicyclic amines) is 1. The van der Waals surface area contributed by atoms with Crippen LogP contribution in [0.15, 0.2) is 12.2 Å². The summed E-state index contributed by atoms with van der Waals surface area (Å²) in [4.78, 5) is 25.8. The number of nitrogens with zero attached hydrogens (tertiary/aromatic N) is 1. The van der Waals surface area contributed by atoms with E-state index in [0.29, 0.717) is 18.6 Å². The van der Waals surface area contributed by atoms with Crippen molar-refractivity contribution in [2.75, 3.05) is 6.61 Å².